The molecule has 3 aliphatic rings. The van der Waals surface area contributed by atoms with Gasteiger partial charge in [-0.05, 0) is 68.1 Å². The van der Waals surface area contributed by atoms with Gasteiger partial charge in [-0.2, -0.15) is 0 Å². The predicted octanol–water partition coefficient (Wildman–Crippen LogP) is 4.06. The van der Waals surface area contributed by atoms with Crippen LogP contribution in [0.2, 0.25) is 0 Å². The van der Waals surface area contributed by atoms with E-state index in [-0.39, 0.29) is 30.2 Å². The highest BCUT2D eigenvalue weighted by molar-refractivity contribution is 5.85. The zero-order valence-electron chi connectivity index (χ0n) is 14.6. The Kier molecular flexibility index (Phi) is 5.69. The van der Waals surface area contributed by atoms with Gasteiger partial charge in [0.25, 0.3) is 0 Å². The maximum atomic E-state index is 13.2. The van der Waals surface area contributed by atoms with Gasteiger partial charge in [0.2, 0.25) is 5.91 Å². The summed E-state index contributed by atoms with van der Waals surface area (Å²) in [6.45, 7) is 0.832. The number of amides is 1. The van der Waals surface area contributed by atoms with Gasteiger partial charge in [-0.1, -0.05) is 18.6 Å². The lowest BCUT2D eigenvalue weighted by Gasteiger charge is -2.44. The molecule has 1 aromatic carbocycles. The number of rotatable bonds is 2. The van der Waals surface area contributed by atoms with Crippen molar-refractivity contribution in [1.82, 2.24) is 4.90 Å². The van der Waals surface area contributed by atoms with Crippen molar-refractivity contribution >= 4 is 18.3 Å². The molecule has 0 aromatic heterocycles. The molecule has 2 saturated carbocycles. The van der Waals surface area contributed by atoms with Crippen molar-refractivity contribution in [2.75, 3.05) is 6.54 Å². The minimum Gasteiger partial charge on any atom is -0.335 e. The average Bonchev–Trinajstić information content (AvgIpc) is 3.04. The number of benzene rings is 1. The molecule has 1 aliphatic heterocycles. The average molecular weight is 367 g/mol. The largest absolute Gasteiger partial charge is 0.335 e. The summed E-state index contributed by atoms with van der Waals surface area (Å²) in [6, 6.07) is 7.08. The lowest BCUT2D eigenvalue weighted by atomic mass is 9.65. The summed E-state index contributed by atoms with van der Waals surface area (Å²) in [7, 11) is 0. The summed E-state index contributed by atoms with van der Waals surface area (Å²) in [5, 5.41) is 0. The fourth-order valence-electron chi connectivity index (χ4n) is 5.29. The Morgan fingerprint density at radius 3 is 2.32 bits per heavy atom. The van der Waals surface area contributed by atoms with Gasteiger partial charge in [0, 0.05) is 18.5 Å². The predicted molar refractivity (Wildman–Crippen MR) is 98.9 cm³/mol. The van der Waals surface area contributed by atoms with Crippen molar-refractivity contribution in [3.8, 4) is 0 Å². The first kappa shape index (κ1) is 18.7. The molecule has 3 fully saturated rings. The molecule has 0 radical (unpaired) electrons. The monoisotopic (exact) mass is 366 g/mol. The molecule has 0 spiro atoms. The molecule has 25 heavy (non-hydrogen) atoms. The number of nitrogens with zero attached hydrogens (tertiary/aromatic N) is 1. The number of fused-ring (bicyclic) bond motifs is 2. The van der Waals surface area contributed by atoms with Gasteiger partial charge in [-0.25, -0.2) is 4.39 Å². The Morgan fingerprint density at radius 2 is 1.68 bits per heavy atom. The highest BCUT2D eigenvalue weighted by Crippen LogP contribution is 2.44. The zero-order chi connectivity index (χ0) is 16.7. The summed E-state index contributed by atoms with van der Waals surface area (Å²) >= 11 is 0. The molecule has 3 nitrogen and oxygen atoms in total. The van der Waals surface area contributed by atoms with Crippen LogP contribution < -0.4 is 5.73 Å². The van der Waals surface area contributed by atoms with Crippen LogP contribution in [-0.2, 0) is 4.79 Å². The minimum atomic E-state index is -0.219. The van der Waals surface area contributed by atoms with E-state index in [9.17, 15) is 9.18 Å². The van der Waals surface area contributed by atoms with Crippen molar-refractivity contribution in [2.24, 2.45) is 23.5 Å². The number of carbonyl (C=O) groups excluding carboxylic acids is 1. The van der Waals surface area contributed by atoms with Crippen LogP contribution in [0.25, 0.3) is 0 Å². The molecule has 1 saturated heterocycles. The Balaban J connectivity index is 0.00000182. The molecule has 138 valence electrons. The van der Waals surface area contributed by atoms with E-state index in [4.69, 9.17) is 5.73 Å². The second kappa shape index (κ2) is 7.63. The van der Waals surface area contributed by atoms with Gasteiger partial charge < -0.3 is 10.6 Å². The highest BCUT2D eigenvalue weighted by Gasteiger charge is 2.43. The Morgan fingerprint density at radius 1 is 1.04 bits per heavy atom. The smallest absolute Gasteiger partial charge is 0.226 e. The van der Waals surface area contributed by atoms with Crippen LogP contribution in [0.3, 0.4) is 0 Å². The molecule has 5 heteroatoms. The van der Waals surface area contributed by atoms with Crippen LogP contribution in [0, 0.1) is 23.6 Å². The summed E-state index contributed by atoms with van der Waals surface area (Å²) in [6.07, 6.45) is 7.58. The van der Waals surface area contributed by atoms with E-state index in [0.29, 0.717) is 23.8 Å². The maximum absolute atomic E-state index is 13.2. The normalized spacial score (nSPS) is 34.5. The van der Waals surface area contributed by atoms with Crippen molar-refractivity contribution in [3.63, 3.8) is 0 Å². The first-order valence-electron chi connectivity index (χ1n) is 9.45. The third-order valence-corrected chi connectivity index (χ3v) is 6.55. The minimum absolute atomic E-state index is 0. The van der Waals surface area contributed by atoms with Gasteiger partial charge >= 0.3 is 0 Å². The molecular weight excluding hydrogens is 339 g/mol. The quantitative estimate of drug-likeness (QED) is 0.857. The highest BCUT2D eigenvalue weighted by atomic mass is 35.5. The standard InChI is InChI=1S/C20H27FN2O.ClH/c21-17-8-6-13(7-9-17)18-5-2-10-23(18)20(24)16-11-14-3-1-4-15(12-16)19(14)22;/h6-9,14-16,18-19H,1-5,10-12,22H2;1H. The molecule has 1 aromatic rings. The van der Waals surface area contributed by atoms with Gasteiger partial charge in [0.1, 0.15) is 5.82 Å². The number of hydrogen-bond donors (Lipinski definition) is 1. The van der Waals surface area contributed by atoms with Crippen LogP contribution in [0.4, 0.5) is 4.39 Å². The van der Waals surface area contributed by atoms with E-state index in [2.05, 4.69) is 4.90 Å². The van der Waals surface area contributed by atoms with E-state index in [0.717, 1.165) is 37.8 Å². The second-order valence-corrected chi connectivity index (χ2v) is 7.94. The molecule has 2 bridgehead atoms. The summed E-state index contributed by atoms with van der Waals surface area (Å²) in [4.78, 5) is 15.3. The fraction of sp³-hybridized carbons (Fsp3) is 0.650. The summed E-state index contributed by atoms with van der Waals surface area (Å²) in [5.41, 5.74) is 7.44. The van der Waals surface area contributed by atoms with Gasteiger partial charge in [-0.15, -0.1) is 12.4 Å². The van der Waals surface area contributed by atoms with E-state index in [1.54, 1.807) is 0 Å². The van der Waals surface area contributed by atoms with Gasteiger partial charge in [0.05, 0.1) is 6.04 Å². The first-order valence-corrected chi connectivity index (χ1v) is 9.45. The maximum Gasteiger partial charge on any atom is 0.226 e. The molecule has 2 aliphatic carbocycles. The molecule has 2 N–H and O–H groups in total. The summed E-state index contributed by atoms with van der Waals surface area (Å²) in [5.74, 6) is 1.28. The molecule has 3 unspecified atom stereocenters. The number of halogens is 2. The van der Waals surface area contributed by atoms with E-state index < -0.39 is 0 Å². The molecule has 4 rings (SSSR count). The third-order valence-electron chi connectivity index (χ3n) is 6.55. The lowest BCUT2D eigenvalue weighted by Crippen LogP contribution is -2.49. The van der Waals surface area contributed by atoms with Crippen molar-refractivity contribution in [2.45, 2.75) is 57.0 Å². The molecular formula is C20H28ClFN2O. The van der Waals surface area contributed by atoms with E-state index in [1.165, 1.54) is 31.4 Å². The van der Waals surface area contributed by atoms with Crippen LogP contribution in [0.5, 0.6) is 0 Å². The van der Waals surface area contributed by atoms with Crippen LogP contribution in [-0.4, -0.2) is 23.4 Å². The van der Waals surface area contributed by atoms with Gasteiger partial charge in [0.15, 0.2) is 0 Å². The SMILES string of the molecule is Cl.NC1C2CCCC1CC(C(=O)N1CCCC1c1ccc(F)cc1)C2. The number of likely N-dealkylation sites (tertiary alicyclic amines) is 1. The van der Waals surface area contributed by atoms with Crippen LogP contribution in [0.15, 0.2) is 24.3 Å². The fourth-order valence-corrected chi connectivity index (χ4v) is 5.29. The van der Waals surface area contributed by atoms with Crippen molar-refractivity contribution in [3.05, 3.63) is 35.6 Å². The third kappa shape index (κ3) is 3.56. The molecule has 1 heterocycles. The Labute approximate surface area is 155 Å². The molecule has 3 atom stereocenters. The Hall–Kier alpha value is -1.13. The number of carbonyl (C=O) groups is 1. The Bertz CT molecular complexity index is 594. The van der Waals surface area contributed by atoms with E-state index >= 15 is 0 Å². The lowest BCUT2D eigenvalue weighted by molar-refractivity contribution is -0.139. The van der Waals surface area contributed by atoms with Crippen LogP contribution >= 0.6 is 12.4 Å². The summed E-state index contributed by atoms with van der Waals surface area (Å²) < 4.78 is 13.2. The number of nitrogens with two attached hydrogens (primary N) is 1. The number of hydrogen-bond acceptors (Lipinski definition) is 2. The van der Waals surface area contributed by atoms with Crippen molar-refractivity contribution in [1.29, 1.82) is 0 Å². The van der Waals surface area contributed by atoms with Crippen LogP contribution in [0.1, 0.15) is 56.6 Å². The van der Waals surface area contributed by atoms with Crippen molar-refractivity contribution < 1.29 is 9.18 Å². The molecule has 1 amide bonds. The second-order valence-electron chi connectivity index (χ2n) is 7.94. The van der Waals surface area contributed by atoms with Gasteiger partial charge in [-0.3, -0.25) is 4.79 Å². The van der Waals surface area contributed by atoms with E-state index in [1.807, 2.05) is 12.1 Å². The topological polar surface area (TPSA) is 46.3 Å². The zero-order valence-corrected chi connectivity index (χ0v) is 15.4. The first-order chi connectivity index (χ1) is 11.6.